The van der Waals surface area contributed by atoms with Gasteiger partial charge in [0.2, 0.25) is 15.9 Å². The normalized spacial score (nSPS) is 20.1. The zero-order chi connectivity index (χ0) is 14.9. The van der Waals surface area contributed by atoms with E-state index in [4.69, 9.17) is 11.6 Å². The van der Waals surface area contributed by atoms with Gasteiger partial charge in [-0.15, -0.1) is 0 Å². The van der Waals surface area contributed by atoms with Crippen molar-refractivity contribution in [1.29, 1.82) is 0 Å². The summed E-state index contributed by atoms with van der Waals surface area (Å²) in [6.07, 6.45) is 1.25. The van der Waals surface area contributed by atoms with Gasteiger partial charge in [0.1, 0.15) is 6.04 Å². The van der Waals surface area contributed by atoms with Gasteiger partial charge in [-0.3, -0.25) is 4.79 Å². The number of carbonyl (C=O) groups excluding carboxylic acids is 1. The zero-order valence-corrected chi connectivity index (χ0v) is 13.0. The quantitative estimate of drug-likeness (QED) is 0.850. The van der Waals surface area contributed by atoms with Crippen molar-refractivity contribution in [2.24, 2.45) is 0 Å². The lowest BCUT2D eigenvalue weighted by Crippen LogP contribution is -2.45. The molecule has 1 aromatic rings. The number of amides is 1. The second-order valence-electron chi connectivity index (χ2n) is 4.96. The fourth-order valence-electron chi connectivity index (χ4n) is 2.31. The van der Waals surface area contributed by atoms with Crippen LogP contribution in [0.2, 0.25) is 5.02 Å². The predicted molar refractivity (Wildman–Crippen MR) is 77.1 cm³/mol. The van der Waals surface area contributed by atoms with Crippen LogP contribution >= 0.6 is 11.6 Å². The monoisotopic (exact) mass is 316 g/mol. The molecule has 0 spiro atoms. The standard InChI is InChI=1S/C13H17ClN2O3S/c1-15(2)13(17)12-4-3-9-16(12)20(18,19)11-7-5-10(14)6-8-11/h5-8,12H,3-4,9H2,1-2H3/t12-/m1/s1. The Kier molecular flexibility index (Phi) is 4.36. The molecule has 1 amide bonds. The molecular weight excluding hydrogens is 300 g/mol. The molecule has 2 rings (SSSR count). The maximum Gasteiger partial charge on any atom is 0.243 e. The highest BCUT2D eigenvalue weighted by atomic mass is 35.5. The molecule has 1 saturated heterocycles. The van der Waals surface area contributed by atoms with Gasteiger partial charge in [-0.25, -0.2) is 8.42 Å². The summed E-state index contributed by atoms with van der Waals surface area (Å²) in [6.45, 7) is 0.370. The van der Waals surface area contributed by atoms with E-state index in [1.54, 1.807) is 14.1 Å². The van der Waals surface area contributed by atoms with Crippen LogP contribution in [0.15, 0.2) is 29.2 Å². The van der Waals surface area contributed by atoms with E-state index in [2.05, 4.69) is 0 Å². The minimum absolute atomic E-state index is 0.167. The summed E-state index contributed by atoms with van der Waals surface area (Å²) >= 11 is 5.77. The molecule has 0 aromatic heterocycles. The summed E-state index contributed by atoms with van der Waals surface area (Å²) < 4.78 is 26.5. The number of hydrogen-bond acceptors (Lipinski definition) is 3. The van der Waals surface area contributed by atoms with E-state index in [0.29, 0.717) is 24.4 Å². The lowest BCUT2D eigenvalue weighted by molar-refractivity contribution is -0.132. The van der Waals surface area contributed by atoms with Gasteiger partial charge >= 0.3 is 0 Å². The molecule has 0 N–H and O–H groups in total. The van der Waals surface area contributed by atoms with E-state index < -0.39 is 16.1 Å². The van der Waals surface area contributed by atoms with Crippen molar-refractivity contribution in [1.82, 2.24) is 9.21 Å². The lowest BCUT2D eigenvalue weighted by Gasteiger charge is -2.25. The van der Waals surface area contributed by atoms with Crippen molar-refractivity contribution >= 4 is 27.5 Å². The van der Waals surface area contributed by atoms with Crippen molar-refractivity contribution < 1.29 is 13.2 Å². The van der Waals surface area contributed by atoms with Gasteiger partial charge in [-0.1, -0.05) is 11.6 Å². The number of rotatable bonds is 3. The number of benzene rings is 1. The van der Waals surface area contributed by atoms with Crippen LogP contribution in [0.25, 0.3) is 0 Å². The molecule has 7 heteroatoms. The highest BCUT2D eigenvalue weighted by molar-refractivity contribution is 7.89. The maximum absolute atomic E-state index is 12.6. The van der Waals surface area contributed by atoms with Crippen LogP contribution in [-0.4, -0.2) is 50.2 Å². The van der Waals surface area contributed by atoms with Gasteiger partial charge in [0.15, 0.2) is 0 Å². The number of hydrogen-bond donors (Lipinski definition) is 0. The SMILES string of the molecule is CN(C)C(=O)[C@H]1CCCN1S(=O)(=O)c1ccc(Cl)cc1. The average molecular weight is 317 g/mol. The summed E-state index contributed by atoms with van der Waals surface area (Å²) in [6, 6.07) is 5.40. The van der Waals surface area contributed by atoms with Crippen LogP contribution in [0.3, 0.4) is 0 Å². The van der Waals surface area contributed by atoms with Crippen LogP contribution in [0, 0.1) is 0 Å². The van der Waals surface area contributed by atoms with Gasteiger partial charge in [0.05, 0.1) is 4.90 Å². The highest BCUT2D eigenvalue weighted by Crippen LogP contribution is 2.27. The third-order valence-electron chi connectivity index (χ3n) is 3.35. The maximum atomic E-state index is 12.6. The summed E-state index contributed by atoms with van der Waals surface area (Å²) in [4.78, 5) is 13.7. The van der Waals surface area contributed by atoms with Crippen molar-refractivity contribution in [2.75, 3.05) is 20.6 Å². The largest absolute Gasteiger partial charge is 0.347 e. The van der Waals surface area contributed by atoms with E-state index in [-0.39, 0.29) is 10.8 Å². The van der Waals surface area contributed by atoms with Crippen molar-refractivity contribution in [2.45, 2.75) is 23.8 Å². The molecule has 0 radical (unpaired) electrons. The van der Waals surface area contributed by atoms with Crippen molar-refractivity contribution in [3.8, 4) is 0 Å². The molecule has 1 heterocycles. The van der Waals surface area contributed by atoms with Crippen molar-refractivity contribution in [3.05, 3.63) is 29.3 Å². The molecule has 1 atom stereocenters. The molecule has 20 heavy (non-hydrogen) atoms. The smallest absolute Gasteiger partial charge is 0.243 e. The molecule has 0 aliphatic carbocycles. The Hall–Kier alpha value is -1.11. The van der Waals surface area contributed by atoms with Crippen LogP contribution in [0.4, 0.5) is 0 Å². The first-order chi connectivity index (χ1) is 9.34. The van der Waals surface area contributed by atoms with Crippen LogP contribution in [0.5, 0.6) is 0 Å². The van der Waals surface area contributed by atoms with E-state index in [1.165, 1.54) is 33.5 Å². The third-order valence-corrected chi connectivity index (χ3v) is 5.52. The van der Waals surface area contributed by atoms with Crippen LogP contribution < -0.4 is 0 Å². The summed E-state index contributed by atoms with van der Waals surface area (Å²) in [5.74, 6) is -0.181. The Balaban J connectivity index is 2.33. The molecule has 1 aromatic carbocycles. The Morgan fingerprint density at radius 2 is 1.90 bits per heavy atom. The third kappa shape index (κ3) is 2.82. The summed E-state index contributed by atoms with van der Waals surface area (Å²) in [5, 5.41) is 0.478. The number of halogens is 1. The lowest BCUT2D eigenvalue weighted by atomic mass is 10.2. The average Bonchev–Trinajstić information content (AvgIpc) is 2.88. The fourth-order valence-corrected chi connectivity index (χ4v) is 4.09. The van der Waals surface area contributed by atoms with Gasteiger partial charge in [0.25, 0.3) is 0 Å². The number of carbonyl (C=O) groups is 1. The Morgan fingerprint density at radius 1 is 1.30 bits per heavy atom. The summed E-state index contributed by atoms with van der Waals surface area (Å²) in [5.41, 5.74) is 0. The minimum atomic E-state index is -3.66. The van der Waals surface area contributed by atoms with Crippen molar-refractivity contribution in [3.63, 3.8) is 0 Å². The predicted octanol–water partition coefficient (Wildman–Crippen LogP) is 1.58. The number of likely N-dealkylation sites (N-methyl/N-ethyl adjacent to an activating group) is 1. The summed E-state index contributed by atoms with van der Waals surface area (Å²) in [7, 11) is -0.391. The zero-order valence-electron chi connectivity index (χ0n) is 11.4. The van der Waals surface area contributed by atoms with Gasteiger partial charge < -0.3 is 4.90 Å². The second-order valence-corrected chi connectivity index (χ2v) is 7.29. The van der Waals surface area contributed by atoms with Gasteiger partial charge in [-0.2, -0.15) is 4.31 Å². The molecule has 5 nitrogen and oxygen atoms in total. The van der Waals surface area contributed by atoms with Gasteiger partial charge in [0, 0.05) is 25.7 Å². The molecular formula is C13H17ClN2O3S. The number of sulfonamides is 1. The second kappa shape index (κ2) is 5.71. The van der Waals surface area contributed by atoms with E-state index in [9.17, 15) is 13.2 Å². The Labute approximate surface area is 124 Å². The first kappa shape index (κ1) is 15.3. The molecule has 1 fully saturated rings. The van der Waals surface area contributed by atoms with Crippen LogP contribution in [0.1, 0.15) is 12.8 Å². The first-order valence-electron chi connectivity index (χ1n) is 6.32. The Bertz CT molecular complexity index is 599. The first-order valence-corrected chi connectivity index (χ1v) is 8.14. The molecule has 1 aliphatic heterocycles. The van der Waals surface area contributed by atoms with E-state index in [0.717, 1.165) is 0 Å². The molecule has 0 saturated carbocycles. The molecule has 110 valence electrons. The Morgan fingerprint density at radius 3 is 2.45 bits per heavy atom. The number of nitrogens with zero attached hydrogens (tertiary/aromatic N) is 2. The molecule has 0 unspecified atom stereocenters. The van der Waals surface area contributed by atoms with E-state index >= 15 is 0 Å². The minimum Gasteiger partial charge on any atom is -0.347 e. The highest BCUT2D eigenvalue weighted by Gasteiger charge is 2.39. The topological polar surface area (TPSA) is 57.7 Å². The molecule has 1 aliphatic rings. The van der Waals surface area contributed by atoms with Crippen LogP contribution in [-0.2, 0) is 14.8 Å². The molecule has 0 bridgehead atoms. The fraction of sp³-hybridized carbons (Fsp3) is 0.462. The van der Waals surface area contributed by atoms with Gasteiger partial charge in [-0.05, 0) is 37.1 Å². The van der Waals surface area contributed by atoms with E-state index in [1.807, 2.05) is 0 Å².